The number of hydrogen-bond donors (Lipinski definition) is 0. The van der Waals surface area contributed by atoms with Crippen molar-refractivity contribution in [1.82, 2.24) is 9.88 Å². The SMILES string of the molecule is CCc1ccc(/C=C2\Oc3c4c(cc(C)c3C2=O)OCN(Cc2ccncc2)C4)cc1. The predicted molar refractivity (Wildman–Crippen MR) is 119 cm³/mol. The summed E-state index contributed by atoms with van der Waals surface area (Å²) in [5.74, 6) is 1.72. The van der Waals surface area contributed by atoms with E-state index in [4.69, 9.17) is 9.47 Å². The number of carbonyl (C=O) groups is 1. The van der Waals surface area contributed by atoms with E-state index in [9.17, 15) is 4.79 Å². The molecule has 0 saturated carbocycles. The molecule has 0 saturated heterocycles. The first-order chi connectivity index (χ1) is 15.1. The molecular weight excluding hydrogens is 388 g/mol. The van der Waals surface area contributed by atoms with E-state index in [-0.39, 0.29) is 5.78 Å². The van der Waals surface area contributed by atoms with Crippen molar-refractivity contribution in [3.05, 3.63) is 94.0 Å². The Balaban J connectivity index is 1.45. The van der Waals surface area contributed by atoms with Crippen molar-refractivity contribution in [2.24, 2.45) is 0 Å². The smallest absolute Gasteiger partial charge is 0.232 e. The number of aromatic nitrogens is 1. The lowest BCUT2D eigenvalue weighted by Gasteiger charge is -2.30. The molecule has 1 aromatic heterocycles. The van der Waals surface area contributed by atoms with E-state index in [2.05, 4.69) is 28.9 Å². The monoisotopic (exact) mass is 412 g/mol. The molecule has 0 radical (unpaired) electrons. The third kappa shape index (κ3) is 3.73. The summed E-state index contributed by atoms with van der Waals surface area (Å²) >= 11 is 0. The molecule has 0 bridgehead atoms. The summed E-state index contributed by atoms with van der Waals surface area (Å²) in [6.07, 6.45) is 6.40. The number of Topliss-reactive ketones (excluding diaryl/α,β-unsaturated/α-hetero) is 1. The van der Waals surface area contributed by atoms with Crippen LogP contribution < -0.4 is 9.47 Å². The Morgan fingerprint density at radius 1 is 1.10 bits per heavy atom. The quantitative estimate of drug-likeness (QED) is 0.569. The minimum atomic E-state index is -0.0684. The highest BCUT2D eigenvalue weighted by Crippen LogP contribution is 2.44. The van der Waals surface area contributed by atoms with Crippen molar-refractivity contribution < 1.29 is 14.3 Å². The maximum atomic E-state index is 13.1. The number of ether oxygens (including phenoxy) is 2. The number of benzene rings is 2. The number of aryl methyl sites for hydroxylation is 2. The first-order valence-electron chi connectivity index (χ1n) is 10.6. The zero-order valence-corrected chi connectivity index (χ0v) is 17.7. The van der Waals surface area contributed by atoms with Crippen LogP contribution >= 0.6 is 0 Å². The molecular formula is C26H24N2O3. The van der Waals surface area contributed by atoms with Crippen LogP contribution in [0.4, 0.5) is 0 Å². The minimum Gasteiger partial charge on any atom is -0.478 e. The summed E-state index contributed by atoms with van der Waals surface area (Å²) in [5.41, 5.74) is 5.84. The van der Waals surface area contributed by atoms with Gasteiger partial charge in [0.15, 0.2) is 5.76 Å². The number of ketones is 1. The van der Waals surface area contributed by atoms with Gasteiger partial charge in [0.05, 0.1) is 11.1 Å². The van der Waals surface area contributed by atoms with Gasteiger partial charge in [-0.15, -0.1) is 0 Å². The van der Waals surface area contributed by atoms with E-state index in [1.807, 2.05) is 43.3 Å². The zero-order valence-electron chi connectivity index (χ0n) is 17.7. The molecule has 156 valence electrons. The summed E-state index contributed by atoms with van der Waals surface area (Å²) < 4.78 is 12.2. The molecule has 3 aromatic rings. The summed E-state index contributed by atoms with van der Waals surface area (Å²) in [6, 6.07) is 14.2. The molecule has 0 fully saturated rings. The van der Waals surface area contributed by atoms with E-state index in [0.717, 1.165) is 35.4 Å². The average molecular weight is 412 g/mol. The first-order valence-corrected chi connectivity index (χ1v) is 10.6. The Morgan fingerprint density at radius 3 is 2.61 bits per heavy atom. The molecule has 0 spiro atoms. The number of carbonyl (C=O) groups excluding carboxylic acids is 1. The van der Waals surface area contributed by atoms with Crippen LogP contribution in [-0.4, -0.2) is 22.4 Å². The van der Waals surface area contributed by atoms with Gasteiger partial charge in [-0.05, 0) is 59.9 Å². The van der Waals surface area contributed by atoms with Gasteiger partial charge in [-0.3, -0.25) is 14.7 Å². The molecule has 2 aliphatic rings. The Kier molecular flexibility index (Phi) is 5.04. The van der Waals surface area contributed by atoms with Gasteiger partial charge in [-0.2, -0.15) is 0 Å². The molecule has 5 nitrogen and oxygen atoms in total. The topological polar surface area (TPSA) is 51.7 Å². The third-order valence-corrected chi connectivity index (χ3v) is 5.83. The van der Waals surface area contributed by atoms with Gasteiger partial charge >= 0.3 is 0 Å². The van der Waals surface area contributed by atoms with Crippen LogP contribution in [0.3, 0.4) is 0 Å². The molecule has 0 aliphatic carbocycles. The van der Waals surface area contributed by atoms with E-state index < -0.39 is 0 Å². The number of allylic oxidation sites excluding steroid dienone is 1. The average Bonchev–Trinajstić information content (AvgIpc) is 3.12. The van der Waals surface area contributed by atoms with Gasteiger partial charge in [0.2, 0.25) is 5.78 Å². The minimum absolute atomic E-state index is 0.0684. The molecule has 5 heteroatoms. The van der Waals surface area contributed by atoms with Crippen LogP contribution in [0.15, 0.2) is 60.6 Å². The molecule has 2 aromatic carbocycles. The highest BCUT2D eigenvalue weighted by Gasteiger charge is 2.35. The predicted octanol–water partition coefficient (Wildman–Crippen LogP) is 4.92. The summed E-state index contributed by atoms with van der Waals surface area (Å²) in [4.78, 5) is 19.4. The highest BCUT2D eigenvalue weighted by molar-refractivity contribution is 6.15. The second kappa shape index (κ2) is 8.00. The Morgan fingerprint density at radius 2 is 1.87 bits per heavy atom. The van der Waals surface area contributed by atoms with E-state index in [1.54, 1.807) is 12.4 Å². The molecule has 0 N–H and O–H groups in total. The van der Waals surface area contributed by atoms with Crippen LogP contribution in [-0.2, 0) is 19.5 Å². The van der Waals surface area contributed by atoms with Crippen molar-refractivity contribution in [2.45, 2.75) is 33.4 Å². The maximum Gasteiger partial charge on any atom is 0.232 e. The van der Waals surface area contributed by atoms with Crippen molar-refractivity contribution >= 4 is 11.9 Å². The van der Waals surface area contributed by atoms with E-state index in [1.165, 1.54) is 11.1 Å². The summed E-state index contributed by atoms with van der Waals surface area (Å²) in [7, 11) is 0. The largest absolute Gasteiger partial charge is 0.478 e. The molecule has 0 atom stereocenters. The van der Waals surface area contributed by atoms with Crippen LogP contribution in [0.2, 0.25) is 0 Å². The van der Waals surface area contributed by atoms with Crippen molar-refractivity contribution in [2.75, 3.05) is 6.73 Å². The van der Waals surface area contributed by atoms with E-state index >= 15 is 0 Å². The number of fused-ring (bicyclic) bond motifs is 3. The van der Waals surface area contributed by atoms with Gasteiger partial charge in [0, 0.05) is 25.5 Å². The summed E-state index contributed by atoms with van der Waals surface area (Å²) in [6.45, 7) is 5.96. The van der Waals surface area contributed by atoms with E-state index in [0.29, 0.717) is 30.3 Å². The lowest BCUT2D eigenvalue weighted by molar-refractivity contribution is 0.0872. The number of nitrogens with zero attached hydrogens (tertiary/aromatic N) is 2. The fraction of sp³-hybridized carbons (Fsp3) is 0.231. The Hall–Kier alpha value is -3.44. The fourth-order valence-corrected chi connectivity index (χ4v) is 4.12. The fourth-order valence-electron chi connectivity index (χ4n) is 4.12. The second-order valence-electron chi connectivity index (χ2n) is 8.03. The van der Waals surface area contributed by atoms with Crippen LogP contribution in [0, 0.1) is 6.92 Å². The van der Waals surface area contributed by atoms with Crippen molar-refractivity contribution in [1.29, 1.82) is 0 Å². The molecule has 0 amide bonds. The third-order valence-electron chi connectivity index (χ3n) is 5.83. The second-order valence-corrected chi connectivity index (χ2v) is 8.03. The Labute approximate surface area is 181 Å². The standard InChI is InChI=1S/C26H24N2O3/c1-3-18-4-6-19(7-5-18)13-23-25(29)24-17(2)12-22-21(26(24)31-23)15-28(16-30-22)14-20-8-10-27-11-9-20/h4-13H,3,14-16H2,1-2H3/b23-13-. The van der Waals surface area contributed by atoms with Gasteiger partial charge in [0.25, 0.3) is 0 Å². The van der Waals surface area contributed by atoms with Gasteiger partial charge in [-0.25, -0.2) is 0 Å². The van der Waals surface area contributed by atoms with Crippen molar-refractivity contribution in [3.8, 4) is 11.5 Å². The van der Waals surface area contributed by atoms with Crippen LogP contribution in [0.25, 0.3) is 6.08 Å². The molecule has 2 aliphatic heterocycles. The first kappa shape index (κ1) is 19.5. The van der Waals surface area contributed by atoms with Crippen molar-refractivity contribution in [3.63, 3.8) is 0 Å². The van der Waals surface area contributed by atoms with Gasteiger partial charge < -0.3 is 9.47 Å². The molecule has 31 heavy (non-hydrogen) atoms. The number of pyridine rings is 1. The van der Waals surface area contributed by atoms with Gasteiger partial charge in [0.1, 0.15) is 18.2 Å². The van der Waals surface area contributed by atoms with Crippen LogP contribution in [0.1, 0.15) is 45.1 Å². The number of rotatable bonds is 4. The maximum absolute atomic E-state index is 13.1. The molecule has 0 unspecified atom stereocenters. The molecule has 5 rings (SSSR count). The lowest BCUT2D eigenvalue weighted by atomic mass is 9.98. The lowest BCUT2D eigenvalue weighted by Crippen LogP contribution is -2.31. The Bertz CT molecular complexity index is 1170. The van der Waals surface area contributed by atoms with Gasteiger partial charge in [-0.1, -0.05) is 31.2 Å². The normalized spacial score (nSPS) is 16.6. The highest BCUT2D eigenvalue weighted by atomic mass is 16.5. The number of hydrogen-bond acceptors (Lipinski definition) is 5. The summed E-state index contributed by atoms with van der Waals surface area (Å²) in [5, 5.41) is 0. The zero-order chi connectivity index (χ0) is 21.4. The van der Waals surface area contributed by atoms with Crippen LogP contribution in [0.5, 0.6) is 11.5 Å². The molecule has 3 heterocycles.